The van der Waals surface area contributed by atoms with Gasteiger partial charge in [-0.3, -0.25) is 0 Å². The number of hydrogen-bond acceptors (Lipinski definition) is 0. The van der Waals surface area contributed by atoms with Gasteiger partial charge in [0.25, 0.3) is 0 Å². The van der Waals surface area contributed by atoms with Gasteiger partial charge in [0.1, 0.15) is 0 Å². The van der Waals surface area contributed by atoms with Gasteiger partial charge in [-0.25, -0.2) is 0 Å². The molecule has 0 amide bonds. The molecule has 0 aliphatic carbocycles. The van der Waals surface area contributed by atoms with E-state index in [9.17, 15) is 0 Å². The smallest absolute Gasteiger partial charge is 0.0154 e. The molecule has 106 valence electrons. The highest BCUT2D eigenvalue weighted by Crippen LogP contribution is 2.31. The summed E-state index contributed by atoms with van der Waals surface area (Å²) in [6.45, 7) is 4.39. The first-order valence-electron chi connectivity index (χ1n) is 7.71. The highest BCUT2D eigenvalue weighted by Gasteiger charge is 2.06. The van der Waals surface area contributed by atoms with Gasteiger partial charge in [0.15, 0.2) is 0 Å². The van der Waals surface area contributed by atoms with Crippen molar-refractivity contribution in [2.75, 3.05) is 0 Å². The van der Waals surface area contributed by atoms with Gasteiger partial charge in [-0.05, 0) is 69.8 Å². The molecule has 0 N–H and O–H groups in total. The molecular formula is C22H18. The molecule has 0 heterocycles. The minimum absolute atomic E-state index is 1.30. The predicted molar refractivity (Wildman–Crippen MR) is 96.4 cm³/mol. The Morgan fingerprint density at radius 1 is 0.500 bits per heavy atom. The first-order chi connectivity index (χ1) is 10.7. The minimum atomic E-state index is 1.30. The van der Waals surface area contributed by atoms with E-state index in [2.05, 4.69) is 86.6 Å². The van der Waals surface area contributed by atoms with E-state index in [4.69, 9.17) is 0 Å². The van der Waals surface area contributed by atoms with E-state index in [0.717, 1.165) is 0 Å². The van der Waals surface area contributed by atoms with E-state index in [0.29, 0.717) is 0 Å². The van der Waals surface area contributed by atoms with E-state index < -0.39 is 0 Å². The first-order valence-corrected chi connectivity index (χ1v) is 7.71. The highest BCUT2D eigenvalue weighted by molar-refractivity contribution is 5.94. The van der Waals surface area contributed by atoms with Gasteiger partial charge >= 0.3 is 0 Å². The third-order valence-corrected chi connectivity index (χ3v) is 4.47. The molecular weight excluding hydrogens is 264 g/mol. The maximum Gasteiger partial charge on any atom is -0.0154 e. The molecule has 0 fully saturated rings. The van der Waals surface area contributed by atoms with E-state index >= 15 is 0 Å². The lowest BCUT2D eigenvalue weighted by Gasteiger charge is -2.10. The van der Waals surface area contributed by atoms with E-state index in [1.165, 1.54) is 43.8 Å². The number of benzene rings is 4. The largest absolute Gasteiger partial charge is 0.0616 e. The molecule has 4 aromatic rings. The molecule has 0 unspecified atom stereocenters. The summed E-state index contributed by atoms with van der Waals surface area (Å²) in [7, 11) is 0. The summed E-state index contributed by atoms with van der Waals surface area (Å²) >= 11 is 0. The number of fused-ring (bicyclic) bond motifs is 2. The van der Waals surface area contributed by atoms with Crippen molar-refractivity contribution in [1.29, 1.82) is 0 Å². The number of hydrogen-bond donors (Lipinski definition) is 0. The Labute approximate surface area is 131 Å². The standard InChI is InChI=1S/C22H18/c1-15-11-19(13-17-7-3-5-9-21(15)17)20-12-16(2)22-10-6-4-8-18(22)14-20/h3-14H,1-2H3. The summed E-state index contributed by atoms with van der Waals surface area (Å²) < 4.78 is 0. The van der Waals surface area contributed by atoms with Gasteiger partial charge in [0, 0.05) is 0 Å². The third kappa shape index (κ3) is 2.08. The number of aryl methyl sites for hydroxylation is 2. The SMILES string of the molecule is Cc1cc(-c2cc(C)c3ccccc3c2)cc2ccccc12. The lowest BCUT2D eigenvalue weighted by atomic mass is 9.94. The molecule has 0 nitrogen and oxygen atoms in total. The average molecular weight is 282 g/mol. The molecule has 0 aliphatic heterocycles. The zero-order valence-electron chi connectivity index (χ0n) is 12.9. The molecule has 4 rings (SSSR count). The molecule has 0 spiro atoms. The second-order valence-corrected chi connectivity index (χ2v) is 6.03. The Balaban J connectivity index is 1.99. The molecule has 4 aromatic carbocycles. The van der Waals surface area contributed by atoms with Crippen LogP contribution in [-0.2, 0) is 0 Å². The fraction of sp³-hybridized carbons (Fsp3) is 0.0909. The van der Waals surface area contributed by atoms with Crippen molar-refractivity contribution in [3.05, 3.63) is 83.9 Å². The zero-order chi connectivity index (χ0) is 15.1. The molecule has 0 aliphatic rings. The summed E-state index contributed by atoms with van der Waals surface area (Å²) in [5.74, 6) is 0. The van der Waals surface area contributed by atoms with Gasteiger partial charge in [0.2, 0.25) is 0 Å². The van der Waals surface area contributed by atoms with Crippen molar-refractivity contribution >= 4 is 21.5 Å². The van der Waals surface area contributed by atoms with Crippen LogP contribution in [-0.4, -0.2) is 0 Å². The van der Waals surface area contributed by atoms with Gasteiger partial charge in [-0.1, -0.05) is 60.7 Å². The maximum atomic E-state index is 2.30. The monoisotopic (exact) mass is 282 g/mol. The van der Waals surface area contributed by atoms with E-state index in [1.54, 1.807) is 0 Å². The first kappa shape index (κ1) is 13.1. The van der Waals surface area contributed by atoms with Crippen molar-refractivity contribution < 1.29 is 0 Å². The molecule has 22 heavy (non-hydrogen) atoms. The van der Waals surface area contributed by atoms with Crippen molar-refractivity contribution in [3.63, 3.8) is 0 Å². The van der Waals surface area contributed by atoms with Crippen LogP contribution in [0.3, 0.4) is 0 Å². The Hall–Kier alpha value is -2.60. The van der Waals surface area contributed by atoms with Crippen molar-refractivity contribution in [2.24, 2.45) is 0 Å². The fourth-order valence-electron chi connectivity index (χ4n) is 3.34. The highest BCUT2D eigenvalue weighted by atomic mass is 14.1. The molecule has 0 aromatic heterocycles. The Morgan fingerprint density at radius 3 is 1.36 bits per heavy atom. The van der Waals surface area contributed by atoms with Crippen LogP contribution in [0.5, 0.6) is 0 Å². The van der Waals surface area contributed by atoms with Crippen LogP contribution in [0.25, 0.3) is 32.7 Å². The van der Waals surface area contributed by atoms with Gasteiger partial charge in [0.05, 0.1) is 0 Å². The maximum absolute atomic E-state index is 2.30. The van der Waals surface area contributed by atoms with Crippen molar-refractivity contribution in [3.8, 4) is 11.1 Å². The summed E-state index contributed by atoms with van der Waals surface area (Å²) in [5, 5.41) is 5.29. The topological polar surface area (TPSA) is 0 Å². The molecule has 0 radical (unpaired) electrons. The van der Waals surface area contributed by atoms with Gasteiger partial charge < -0.3 is 0 Å². The van der Waals surface area contributed by atoms with Crippen molar-refractivity contribution in [2.45, 2.75) is 13.8 Å². The minimum Gasteiger partial charge on any atom is -0.0616 e. The second-order valence-electron chi connectivity index (χ2n) is 6.03. The second kappa shape index (κ2) is 4.99. The Bertz CT molecular complexity index is 910. The van der Waals surface area contributed by atoms with E-state index in [1.807, 2.05) is 0 Å². The Kier molecular flexibility index (Phi) is 2.97. The summed E-state index contributed by atoms with van der Waals surface area (Å²) in [4.78, 5) is 0. The Morgan fingerprint density at radius 2 is 0.909 bits per heavy atom. The molecule has 0 saturated carbocycles. The summed E-state index contributed by atoms with van der Waals surface area (Å²) in [5.41, 5.74) is 5.26. The van der Waals surface area contributed by atoms with Crippen LogP contribution in [0.1, 0.15) is 11.1 Å². The summed E-state index contributed by atoms with van der Waals surface area (Å²) in [6.07, 6.45) is 0. The zero-order valence-corrected chi connectivity index (χ0v) is 12.9. The van der Waals surface area contributed by atoms with Crippen LogP contribution in [0.2, 0.25) is 0 Å². The molecule has 0 atom stereocenters. The lowest BCUT2D eigenvalue weighted by Crippen LogP contribution is -1.86. The molecule has 0 saturated heterocycles. The predicted octanol–water partition coefficient (Wildman–Crippen LogP) is 6.28. The van der Waals surface area contributed by atoms with Crippen molar-refractivity contribution in [1.82, 2.24) is 0 Å². The van der Waals surface area contributed by atoms with Gasteiger partial charge in [-0.15, -0.1) is 0 Å². The van der Waals surface area contributed by atoms with Crippen LogP contribution in [0, 0.1) is 13.8 Å². The van der Waals surface area contributed by atoms with Gasteiger partial charge in [-0.2, -0.15) is 0 Å². The third-order valence-electron chi connectivity index (χ3n) is 4.47. The molecule has 0 heteroatoms. The quantitative estimate of drug-likeness (QED) is 0.385. The van der Waals surface area contributed by atoms with Crippen LogP contribution >= 0.6 is 0 Å². The van der Waals surface area contributed by atoms with E-state index in [-0.39, 0.29) is 0 Å². The summed E-state index contributed by atoms with van der Waals surface area (Å²) in [6, 6.07) is 26.4. The molecule has 0 bridgehead atoms. The van der Waals surface area contributed by atoms with Crippen LogP contribution in [0.15, 0.2) is 72.8 Å². The normalized spacial score (nSPS) is 11.2. The lowest BCUT2D eigenvalue weighted by molar-refractivity contribution is 1.49. The number of rotatable bonds is 1. The average Bonchev–Trinajstić information content (AvgIpc) is 2.55. The van der Waals surface area contributed by atoms with Crippen LogP contribution < -0.4 is 0 Å². The van der Waals surface area contributed by atoms with Crippen LogP contribution in [0.4, 0.5) is 0 Å². The fourth-order valence-corrected chi connectivity index (χ4v) is 3.34.